The Morgan fingerprint density at radius 1 is 1.35 bits per heavy atom. The number of aryl methyl sites for hydroxylation is 1. The molecular weight excluding hydrogens is 334 g/mol. The molecule has 3 rings (SSSR count). The maximum atomic E-state index is 12.9. The van der Waals surface area contributed by atoms with E-state index in [-0.39, 0.29) is 18.4 Å². The summed E-state index contributed by atoms with van der Waals surface area (Å²) >= 11 is 0. The number of aromatic nitrogens is 2. The number of aromatic amines is 1. The van der Waals surface area contributed by atoms with Gasteiger partial charge in [-0.1, -0.05) is 19.1 Å². The number of imidazole rings is 1. The smallest absolute Gasteiger partial charge is 0.308 e. The number of carbonyl (C=O) groups is 2. The van der Waals surface area contributed by atoms with Gasteiger partial charge < -0.3 is 19.7 Å². The fourth-order valence-corrected chi connectivity index (χ4v) is 3.42. The maximum Gasteiger partial charge on any atom is 0.308 e. The summed E-state index contributed by atoms with van der Waals surface area (Å²) in [5.74, 6) is -0.176. The van der Waals surface area contributed by atoms with Crippen molar-refractivity contribution in [2.24, 2.45) is 11.8 Å². The number of hydrogen-bond donors (Lipinski definition) is 2. The Labute approximate surface area is 152 Å². The van der Waals surface area contributed by atoms with Gasteiger partial charge in [0.25, 0.3) is 5.91 Å². The lowest BCUT2D eigenvalue weighted by atomic mass is 9.90. The number of likely N-dealkylation sites (tertiary alicyclic amines) is 1. The molecule has 1 amide bonds. The largest absolute Gasteiger partial charge is 0.497 e. The van der Waals surface area contributed by atoms with Crippen molar-refractivity contribution >= 4 is 11.9 Å². The van der Waals surface area contributed by atoms with Gasteiger partial charge in [-0.25, -0.2) is 4.98 Å². The minimum Gasteiger partial charge on any atom is -0.497 e. The molecule has 138 valence electrons. The number of carboxylic acids is 1. The van der Waals surface area contributed by atoms with Crippen molar-refractivity contribution in [2.75, 3.05) is 20.2 Å². The molecule has 0 radical (unpaired) electrons. The number of piperidine rings is 1. The van der Waals surface area contributed by atoms with E-state index < -0.39 is 11.9 Å². The van der Waals surface area contributed by atoms with Crippen molar-refractivity contribution in [3.05, 3.63) is 35.7 Å². The van der Waals surface area contributed by atoms with Gasteiger partial charge in [0.1, 0.15) is 17.3 Å². The van der Waals surface area contributed by atoms with Crippen molar-refractivity contribution in [1.29, 1.82) is 0 Å². The molecule has 2 aromatic rings. The van der Waals surface area contributed by atoms with Crippen LogP contribution in [0.25, 0.3) is 11.4 Å². The molecule has 2 atom stereocenters. The number of amides is 1. The number of H-pyrrole nitrogens is 1. The Morgan fingerprint density at radius 3 is 2.81 bits per heavy atom. The summed E-state index contributed by atoms with van der Waals surface area (Å²) in [6, 6.07) is 7.43. The van der Waals surface area contributed by atoms with E-state index in [9.17, 15) is 14.7 Å². The van der Waals surface area contributed by atoms with Crippen LogP contribution in [0, 0.1) is 18.8 Å². The average molecular weight is 357 g/mol. The minimum absolute atomic E-state index is 0.144. The van der Waals surface area contributed by atoms with Crippen LogP contribution in [0.5, 0.6) is 5.75 Å². The molecule has 2 heterocycles. The van der Waals surface area contributed by atoms with Crippen LogP contribution in [0.15, 0.2) is 24.3 Å². The van der Waals surface area contributed by atoms with Gasteiger partial charge in [0, 0.05) is 24.3 Å². The lowest BCUT2D eigenvalue weighted by Gasteiger charge is -2.34. The van der Waals surface area contributed by atoms with E-state index in [1.54, 1.807) is 18.9 Å². The third-order valence-electron chi connectivity index (χ3n) is 4.73. The fraction of sp³-hybridized carbons (Fsp3) is 0.421. The van der Waals surface area contributed by atoms with Gasteiger partial charge in [0.15, 0.2) is 0 Å². The van der Waals surface area contributed by atoms with Crippen LogP contribution in [-0.4, -0.2) is 52.1 Å². The summed E-state index contributed by atoms with van der Waals surface area (Å²) in [5.41, 5.74) is 1.82. The number of benzene rings is 1. The minimum atomic E-state index is -0.856. The molecule has 7 nitrogen and oxygen atoms in total. The van der Waals surface area contributed by atoms with E-state index in [2.05, 4.69) is 9.97 Å². The van der Waals surface area contributed by atoms with Crippen molar-refractivity contribution in [1.82, 2.24) is 14.9 Å². The highest BCUT2D eigenvalue weighted by atomic mass is 16.5. The number of carboxylic acid groups (broad SMARTS) is 1. The fourth-order valence-electron chi connectivity index (χ4n) is 3.42. The number of rotatable bonds is 4. The Morgan fingerprint density at radius 2 is 2.12 bits per heavy atom. The van der Waals surface area contributed by atoms with E-state index in [0.29, 0.717) is 35.9 Å². The van der Waals surface area contributed by atoms with Gasteiger partial charge in [-0.05, 0) is 31.4 Å². The molecule has 0 saturated carbocycles. The van der Waals surface area contributed by atoms with Crippen LogP contribution in [0.1, 0.15) is 29.5 Å². The predicted octanol–water partition coefficient (Wildman–Crippen LogP) is 2.58. The Hall–Kier alpha value is -2.83. The standard InChI is InChI=1S/C19H23N3O4/c1-11-7-14(19(24)25)10-22(9-11)18(23)16-12(2)20-17(21-16)13-5-4-6-15(8-13)26-3/h4-6,8,11,14H,7,9-10H2,1-3H3,(H,20,21)(H,24,25). The van der Waals surface area contributed by atoms with Crippen molar-refractivity contribution in [3.8, 4) is 17.1 Å². The molecule has 1 fully saturated rings. The first-order valence-corrected chi connectivity index (χ1v) is 8.62. The number of nitrogens with one attached hydrogen (secondary N) is 1. The highest BCUT2D eigenvalue weighted by molar-refractivity contribution is 5.94. The van der Waals surface area contributed by atoms with Crippen LogP contribution in [0.4, 0.5) is 0 Å². The molecule has 26 heavy (non-hydrogen) atoms. The highest BCUT2D eigenvalue weighted by Gasteiger charge is 2.33. The third kappa shape index (κ3) is 3.56. The predicted molar refractivity (Wildman–Crippen MR) is 96.1 cm³/mol. The zero-order chi connectivity index (χ0) is 18.8. The van der Waals surface area contributed by atoms with Crippen molar-refractivity contribution < 1.29 is 19.4 Å². The van der Waals surface area contributed by atoms with E-state index in [1.807, 2.05) is 31.2 Å². The second-order valence-corrected chi connectivity index (χ2v) is 6.88. The monoisotopic (exact) mass is 357 g/mol. The number of aliphatic carboxylic acids is 1. The lowest BCUT2D eigenvalue weighted by Crippen LogP contribution is -2.45. The van der Waals surface area contributed by atoms with Gasteiger partial charge in [-0.2, -0.15) is 0 Å². The molecule has 1 aromatic carbocycles. The van der Waals surface area contributed by atoms with Crippen LogP contribution in [0.3, 0.4) is 0 Å². The first-order valence-electron chi connectivity index (χ1n) is 8.62. The summed E-state index contributed by atoms with van der Waals surface area (Å²) < 4.78 is 5.23. The van der Waals surface area contributed by atoms with Crippen molar-refractivity contribution in [3.63, 3.8) is 0 Å². The topological polar surface area (TPSA) is 95.5 Å². The number of ether oxygens (including phenoxy) is 1. The van der Waals surface area contributed by atoms with Gasteiger partial charge in [-0.15, -0.1) is 0 Å². The first kappa shape index (κ1) is 18.0. The Bertz CT molecular complexity index is 830. The van der Waals surface area contributed by atoms with E-state index >= 15 is 0 Å². The molecule has 0 aliphatic carbocycles. The molecular formula is C19H23N3O4. The summed E-state index contributed by atoms with van der Waals surface area (Å²) in [6.45, 7) is 4.53. The number of carbonyl (C=O) groups excluding carboxylic acids is 1. The quantitative estimate of drug-likeness (QED) is 0.877. The summed E-state index contributed by atoms with van der Waals surface area (Å²) in [4.78, 5) is 33.5. The van der Waals surface area contributed by atoms with Crippen LogP contribution in [0.2, 0.25) is 0 Å². The summed E-state index contributed by atoms with van der Waals surface area (Å²) in [5, 5.41) is 9.31. The van der Waals surface area contributed by atoms with E-state index in [1.165, 1.54) is 0 Å². The molecule has 2 unspecified atom stereocenters. The number of methoxy groups -OCH3 is 1. The second-order valence-electron chi connectivity index (χ2n) is 6.88. The number of hydrogen-bond acceptors (Lipinski definition) is 4. The van der Waals surface area contributed by atoms with E-state index in [4.69, 9.17) is 4.74 Å². The van der Waals surface area contributed by atoms with Gasteiger partial charge in [0.05, 0.1) is 13.0 Å². The highest BCUT2D eigenvalue weighted by Crippen LogP contribution is 2.26. The molecule has 1 saturated heterocycles. The maximum absolute atomic E-state index is 12.9. The van der Waals surface area contributed by atoms with Gasteiger partial charge in [0.2, 0.25) is 0 Å². The van der Waals surface area contributed by atoms with Crippen LogP contribution >= 0.6 is 0 Å². The molecule has 1 aliphatic rings. The molecule has 0 bridgehead atoms. The van der Waals surface area contributed by atoms with Gasteiger partial charge in [-0.3, -0.25) is 9.59 Å². The second kappa shape index (κ2) is 7.19. The molecule has 2 N–H and O–H groups in total. The van der Waals surface area contributed by atoms with Crippen LogP contribution in [-0.2, 0) is 4.79 Å². The molecule has 1 aliphatic heterocycles. The third-order valence-corrected chi connectivity index (χ3v) is 4.73. The van der Waals surface area contributed by atoms with Crippen LogP contribution < -0.4 is 4.74 Å². The van der Waals surface area contributed by atoms with Gasteiger partial charge >= 0.3 is 5.97 Å². The molecule has 7 heteroatoms. The summed E-state index contributed by atoms with van der Waals surface area (Å²) in [6.07, 6.45) is 0.591. The average Bonchev–Trinajstić information content (AvgIpc) is 3.02. The Kier molecular flexibility index (Phi) is 4.97. The first-order chi connectivity index (χ1) is 12.4. The SMILES string of the molecule is COc1cccc(-c2nc(C(=O)N3CC(C)CC(C(=O)O)C3)c(C)[nH]2)c1. The van der Waals surface area contributed by atoms with E-state index in [0.717, 1.165) is 5.56 Å². The Balaban J connectivity index is 1.86. The normalized spacial score (nSPS) is 20.0. The summed E-state index contributed by atoms with van der Waals surface area (Å²) in [7, 11) is 1.60. The van der Waals surface area contributed by atoms with Crippen molar-refractivity contribution in [2.45, 2.75) is 20.3 Å². The lowest BCUT2D eigenvalue weighted by molar-refractivity contribution is -0.143. The molecule has 0 spiro atoms. The number of nitrogens with zero attached hydrogens (tertiary/aromatic N) is 2. The zero-order valence-electron chi connectivity index (χ0n) is 15.2. The zero-order valence-corrected chi connectivity index (χ0v) is 15.2. The molecule has 1 aromatic heterocycles.